The van der Waals surface area contributed by atoms with Crippen LogP contribution in [-0.4, -0.2) is 5.91 Å². The zero-order chi connectivity index (χ0) is 22.3. The van der Waals surface area contributed by atoms with E-state index in [1.54, 1.807) is 30.3 Å². The molecule has 0 fully saturated rings. The van der Waals surface area contributed by atoms with Crippen LogP contribution < -0.4 is 10.1 Å². The predicted molar refractivity (Wildman–Crippen MR) is 132 cm³/mol. The van der Waals surface area contributed by atoms with E-state index in [9.17, 15) is 4.79 Å². The first-order chi connectivity index (χ1) is 15.6. The van der Waals surface area contributed by atoms with Gasteiger partial charge in [0.15, 0.2) is 5.75 Å². The third kappa shape index (κ3) is 5.38. The lowest BCUT2D eigenvalue weighted by molar-refractivity contribution is -0.111. The number of halogens is 2. The van der Waals surface area contributed by atoms with Gasteiger partial charge in [-0.15, -0.1) is 0 Å². The third-order valence-corrected chi connectivity index (χ3v) is 5.27. The zero-order valence-electron chi connectivity index (χ0n) is 17.0. The molecule has 4 aromatic carbocycles. The molecule has 0 unspecified atom stereocenters. The Morgan fingerprint density at radius 1 is 0.781 bits per heavy atom. The summed E-state index contributed by atoms with van der Waals surface area (Å²) in [5.74, 6) is 0.829. The maximum Gasteiger partial charge on any atom is 0.256 e. The summed E-state index contributed by atoms with van der Waals surface area (Å²) in [6.07, 6.45) is 1.77. The van der Waals surface area contributed by atoms with Gasteiger partial charge in [0.25, 0.3) is 5.91 Å². The Morgan fingerprint density at radius 3 is 2.16 bits per heavy atom. The highest BCUT2D eigenvalue weighted by Gasteiger charge is 2.16. The molecular weight excluding hydrogens is 441 g/mol. The topological polar surface area (TPSA) is 38.3 Å². The number of para-hydroxylation sites is 1. The van der Waals surface area contributed by atoms with E-state index in [2.05, 4.69) is 5.32 Å². The molecule has 0 aliphatic carbocycles. The Kier molecular flexibility index (Phi) is 6.90. The Bertz CT molecular complexity index is 1260. The van der Waals surface area contributed by atoms with Crippen molar-refractivity contribution in [3.05, 3.63) is 124 Å². The fraction of sp³-hybridized carbons (Fsp3) is 0. The normalized spacial score (nSPS) is 11.1. The smallest absolute Gasteiger partial charge is 0.256 e. The van der Waals surface area contributed by atoms with E-state index in [1.807, 2.05) is 78.9 Å². The number of nitrogens with one attached hydrogen (secondary N) is 1. The molecule has 0 aliphatic heterocycles. The molecule has 32 heavy (non-hydrogen) atoms. The highest BCUT2D eigenvalue weighted by molar-refractivity contribution is 6.34. The van der Waals surface area contributed by atoms with Crippen LogP contribution >= 0.6 is 23.2 Å². The first-order valence-corrected chi connectivity index (χ1v) is 10.7. The van der Waals surface area contributed by atoms with Crippen LogP contribution in [0.2, 0.25) is 10.0 Å². The average Bonchev–Trinajstić information content (AvgIpc) is 2.81. The molecule has 0 saturated heterocycles. The summed E-state index contributed by atoms with van der Waals surface area (Å²) in [7, 11) is 0. The predicted octanol–water partition coefficient (Wildman–Crippen LogP) is 7.97. The minimum atomic E-state index is -0.309. The fourth-order valence-corrected chi connectivity index (χ4v) is 3.50. The maximum absolute atomic E-state index is 13.4. The summed E-state index contributed by atoms with van der Waals surface area (Å²) < 4.78 is 5.97. The van der Waals surface area contributed by atoms with Gasteiger partial charge in [-0.05, 0) is 53.6 Å². The van der Waals surface area contributed by atoms with Crippen molar-refractivity contribution in [2.24, 2.45) is 0 Å². The lowest BCUT2D eigenvalue weighted by Gasteiger charge is -2.15. The molecular formula is C27H19Cl2NO2. The molecule has 5 heteroatoms. The minimum absolute atomic E-state index is 0.309. The molecule has 158 valence electrons. The van der Waals surface area contributed by atoms with Gasteiger partial charge in [-0.25, -0.2) is 0 Å². The number of benzene rings is 4. The van der Waals surface area contributed by atoms with Crippen molar-refractivity contribution in [3.63, 3.8) is 0 Å². The monoisotopic (exact) mass is 459 g/mol. The summed E-state index contributed by atoms with van der Waals surface area (Å²) in [5, 5.41) is 3.99. The molecule has 0 aromatic heterocycles. The first kappa shape index (κ1) is 21.7. The molecule has 0 spiro atoms. The van der Waals surface area contributed by atoms with Crippen LogP contribution in [0.4, 0.5) is 5.69 Å². The zero-order valence-corrected chi connectivity index (χ0v) is 18.5. The van der Waals surface area contributed by atoms with Gasteiger partial charge in [-0.2, -0.15) is 0 Å². The molecule has 3 nitrogen and oxygen atoms in total. The third-order valence-electron chi connectivity index (χ3n) is 4.70. The summed E-state index contributed by atoms with van der Waals surface area (Å²) in [5.41, 5.74) is 2.43. The Labute approximate surface area is 196 Å². The molecule has 0 atom stereocenters. The van der Waals surface area contributed by atoms with Crippen LogP contribution in [0.5, 0.6) is 11.5 Å². The number of anilines is 1. The lowest BCUT2D eigenvalue weighted by Crippen LogP contribution is -2.14. The Balaban J connectivity index is 1.70. The van der Waals surface area contributed by atoms with E-state index < -0.39 is 0 Å². The van der Waals surface area contributed by atoms with Crippen LogP contribution in [0.15, 0.2) is 103 Å². The summed E-state index contributed by atoms with van der Waals surface area (Å²) >= 11 is 12.6. The fourth-order valence-electron chi connectivity index (χ4n) is 3.14. The molecule has 0 bridgehead atoms. The highest BCUT2D eigenvalue weighted by Crippen LogP contribution is 2.33. The molecule has 0 saturated carbocycles. The van der Waals surface area contributed by atoms with E-state index >= 15 is 0 Å². The first-order valence-electron chi connectivity index (χ1n) is 9.95. The number of ether oxygens (including phenoxy) is 1. The number of hydrogen-bond acceptors (Lipinski definition) is 2. The van der Waals surface area contributed by atoms with E-state index in [-0.39, 0.29) is 5.91 Å². The SMILES string of the molecule is O=C(Nc1cc(Cl)ccc1Oc1ccccc1)/C(=C/c1ccccc1Cl)c1ccccc1. The van der Waals surface area contributed by atoms with Gasteiger partial charge in [0.1, 0.15) is 5.75 Å². The molecule has 0 heterocycles. The van der Waals surface area contributed by atoms with Gasteiger partial charge in [-0.3, -0.25) is 4.79 Å². The van der Waals surface area contributed by atoms with Gasteiger partial charge < -0.3 is 10.1 Å². The highest BCUT2D eigenvalue weighted by atomic mass is 35.5. The van der Waals surface area contributed by atoms with Crippen LogP contribution in [0, 0.1) is 0 Å². The quantitative estimate of drug-likeness (QED) is 0.234. The van der Waals surface area contributed by atoms with E-state index in [0.29, 0.717) is 32.8 Å². The van der Waals surface area contributed by atoms with Crippen molar-refractivity contribution >= 4 is 46.4 Å². The van der Waals surface area contributed by atoms with Gasteiger partial charge in [0.05, 0.1) is 5.69 Å². The van der Waals surface area contributed by atoms with E-state index in [1.165, 1.54) is 0 Å². The molecule has 4 aromatic rings. The van der Waals surface area contributed by atoms with Crippen LogP contribution in [-0.2, 0) is 4.79 Å². The number of carbonyl (C=O) groups excluding carboxylic acids is 1. The van der Waals surface area contributed by atoms with Crippen molar-refractivity contribution in [1.82, 2.24) is 0 Å². The van der Waals surface area contributed by atoms with Crippen molar-refractivity contribution < 1.29 is 9.53 Å². The van der Waals surface area contributed by atoms with Gasteiger partial charge >= 0.3 is 0 Å². The minimum Gasteiger partial charge on any atom is -0.455 e. The summed E-state index contributed by atoms with van der Waals surface area (Å²) in [6.45, 7) is 0. The van der Waals surface area contributed by atoms with Crippen LogP contribution in [0.3, 0.4) is 0 Å². The standard InChI is InChI=1S/C27H19Cl2NO2/c28-21-15-16-26(32-22-12-5-2-6-13-22)25(18-21)30-27(31)23(19-9-3-1-4-10-19)17-20-11-7-8-14-24(20)29/h1-18H,(H,30,31)/b23-17+. The van der Waals surface area contributed by atoms with Crippen LogP contribution in [0.1, 0.15) is 11.1 Å². The second kappa shape index (κ2) is 10.2. The number of rotatable bonds is 6. The Morgan fingerprint density at radius 2 is 1.44 bits per heavy atom. The van der Waals surface area contributed by atoms with Crippen molar-refractivity contribution in [2.45, 2.75) is 0 Å². The molecule has 1 amide bonds. The number of amides is 1. The number of carbonyl (C=O) groups is 1. The summed E-state index contributed by atoms with van der Waals surface area (Å²) in [6, 6.07) is 31.2. The lowest BCUT2D eigenvalue weighted by atomic mass is 10.0. The van der Waals surface area contributed by atoms with Crippen molar-refractivity contribution in [3.8, 4) is 11.5 Å². The molecule has 1 N–H and O–H groups in total. The van der Waals surface area contributed by atoms with Gasteiger partial charge in [-0.1, -0.05) is 89.9 Å². The summed E-state index contributed by atoms with van der Waals surface area (Å²) in [4.78, 5) is 13.4. The van der Waals surface area contributed by atoms with E-state index in [4.69, 9.17) is 27.9 Å². The maximum atomic E-state index is 13.4. The van der Waals surface area contributed by atoms with Gasteiger partial charge in [0, 0.05) is 15.6 Å². The average molecular weight is 460 g/mol. The number of hydrogen-bond donors (Lipinski definition) is 1. The largest absolute Gasteiger partial charge is 0.455 e. The molecule has 4 rings (SSSR count). The van der Waals surface area contributed by atoms with Gasteiger partial charge in [0.2, 0.25) is 0 Å². The molecule has 0 aliphatic rings. The second-order valence-electron chi connectivity index (χ2n) is 6.96. The van der Waals surface area contributed by atoms with Crippen molar-refractivity contribution in [1.29, 1.82) is 0 Å². The van der Waals surface area contributed by atoms with E-state index in [0.717, 1.165) is 11.1 Å². The molecule has 0 radical (unpaired) electrons. The van der Waals surface area contributed by atoms with Crippen molar-refractivity contribution in [2.75, 3.05) is 5.32 Å². The second-order valence-corrected chi connectivity index (χ2v) is 7.80. The van der Waals surface area contributed by atoms with Crippen LogP contribution in [0.25, 0.3) is 11.6 Å². The Hall–Kier alpha value is -3.53.